The largest absolute Gasteiger partial charge is 0.295 e. The van der Waals surface area contributed by atoms with Crippen molar-refractivity contribution >= 4 is 5.78 Å². The van der Waals surface area contributed by atoms with Gasteiger partial charge >= 0.3 is 0 Å². The summed E-state index contributed by atoms with van der Waals surface area (Å²) in [5, 5.41) is 0. The van der Waals surface area contributed by atoms with Gasteiger partial charge in [0.15, 0.2) is 5.78 Å². The Kier molecular flexibility index (Phi) is 0.981. The fourth-order valence-electron chi connectivity index (χ4n) is 1.87. The topological polar surface area (TPSA) is 17.1 Å². The van der Waals surface area contributed by atoms with Gasteiger partial charge in [0.25, 0.3) is 0 Å². The Hall–Kier alpha value is -0.590. The molecule has 1 fully saturated rings. The van der Waals surface area contributed by atoms with E-state index in [2.05, 4.69) is 0 Å². The van der Waals surface area contributed by atoms with E-state index in [4.69, 9.17) is 0 Å². The van der Waals surface area contributed by atoms with Crippen molar-refractivity contribution in [2.24, 2.45) is 5.92 Å². The Balaban J connectivity index is 2.27. The van der Waals surface area contributed by atoms with Crippen LogP contribution in [0, 0.1) is 5.92 Å². The molecule has 0 spiro atoms. The standard InChI is InChI=1S/C8H10O/c9-8-4-6-2-1-3-7(6)5-8/h4,7H,1-3,5H2/t7-/m1/s1. The van der Waals surface area contributed by atoms with Gasteiger partial charge in [0.2, 0.25) is 0 Å². The van der Waals surface area contributed by atoms with Crippen LogP contribution < -0.4 is 0 Å². The summed E-state index contributed by atoms with van der Waals surface area (Å²) in [6.45, 7) is 0. The Morgan fingerprint density at radius 3 is 3.22 bits per heavy atom. The number of fused-ring (bicyclic) bond motifs is 1. The fourth-order valence-corrected chi connectivity index (χ4v) is 1.87. The van der Waals surface area contributed by atoms with Gasteiger partial charge in [-0.3, -0.25) is 4.79 Å². The average Bonchev–Trinajstić information content (AvgIpc) is 2.22. The quantitative estimate of drug-likeness (QED) is 0.477. The smallest absolute Gasteiger partial charge is 0.156 e. The first kappa shape index (κ1) is 5.21. The van der Waals surface area contributed by atoms with Gasteiger partial charge in [-0.05, 0) is 31.3 Å². The fraction of sp³-hybridized carbons (Fsp3) is 0.625. The van der Waals surface area contributed by atoms with Crippen LogP contribution in [-0.4, -0.2) is 5.78 Å². The van der Waals surface area contributed by atoms with E-state index < -0.39 is 0 Å². The molecule has 0 unspecified atom stereocenters. The molecule has 0 radical (unpaired) electrons. The van der Waals surface area contributed by atoms with Crippen molar-refractivity contribution in [1.82, 2.24) is 0 Å². The molecule has 0 saturated heterocycles. The minimum Gasteiger partial charge on any atom is -0.295 e. The number of hydrogen-bond donors (Lipinski definition) is 0. The van der Waals surface area contributed by atoms with Crippen LogP contribution in [0.4, 0.5) is 0 Å². The number of ketones is 1. The monoisotopic (exact) mass is 122 g/mol. The zero-order valence-electron chi connectivity index (χ0n) is 5.39. The predicted octanol–water partition coefficient (Wildman–Crippen LogP) is 1.69. The van der Waals surface area contributed by atoms with Crippen molar-refractivity contribution in [2.45, 2.75) is 25.7 Å². The average molecular weight is 122 g/mol. The Labute approximate surface area is 54.8 Å². The van der Waals surface area contributed by atoms with Gasteiger partial charge in [0, 0.05) is 6.42 Å². The van der Waals surface area contributed by atoms with E-state index in [-0.39, 0.29) is 0 Å². The van der Waals surface area contributed by atoms with E-state index in [9.17, 15) is 4.79 Å². The summed E-state index contributed by atoms with van der Waals surface area (Å²) in [5.41, 5.74) is 1.43. The van der Waals surface area contributed by atoms with Gasteiger partial charge in [0.1, 0.15) is 0 Å². The minimum absolute atomic E-state index is 0.356. The van der Waals surface area contributed by atoms with Crippen LogP contribution in [0.15, 0.2) is 11.6 Å². The van der Waals surface area contributed by atoms with Gasteiger partial charge in [-0.1, -0.05) is 5.57 Å². The zero-order chi connectivity index (χ0) is 6.27. The van der Waals surface area contributed by atoms with Crippen molar-refractivity contribution in [3.8, 4) is 0 Å². The maximum atomic E-state index is 10.8. The molecule has 1 saturated carbocycles. The lowest BCUT2D eigenvalue weighted by Crippen LogP contribution is -1.93. The van der Waals surface area contributed by atoms with Crippen molar-refractivity contribution < 1.29 is 4.79 Å². The van der Waals surface area contributed by atoms with E-state index >= 15 is 0 Å². The van der Waals surface area contributed by atoms with Crippen LogP contribution >= 0.6 is 0 Å². The van der Waals surface area contributed by atoms with E-state index in [0.717, 1.165) is 6.42 Å². The van der Waals surface area contributed by atoms with Crippen LogP contribution in [0.25, 0.3) is 0 Å². The third-order valence-electron chi connectivity index (χ3n) is 2.34. The summed E-state index contributed by atoms with van der Waals surface area (Å²) in [4.78, 5) is 10.8. The number of allylic oxidation sites excluding steroid dienone is 2. The zero-order valence-corrected chi connectivity index (χ0v) is 5.39. The summed E-state index contributed by atoms with van der Waals surface area (Å²) in [5.74, 6) is 1.02. The molecule has 2 aliphatic carbocycles. The normalized spacial score (nSPS) is 32.7. The molecule has 2 aliphatic rings. The van der Waals surface area contributed by atoms with E-state index in [1.165, 1.54) is 24.8 Å². The third kappa shape index (κ3) is 0.716. The van der Waals surface area contributed by atoms with Crippen molar-refractivity contribution in [3.63, 3.8) is 0 Å². The SMILES string of the molecule is O=C1C=C2CCC[C@@H]2C1. The Bertz CT molecular complexity index is 179. The molecule has 0 aromatic carbocycles. The molecule has 0 bridgehead atoms. The van der Waals surface area contributed by atoms with Crippen LogP contribution in [-0.2, 0) is 4.79 Å². The second kappa shape index (κ2) is 1.69. The molecule has 1 nitrogen and oxygen atoms in total. The summed E-state index contributed by atoms with van der Waals surface area (Å²) in [7, 11) is 0. The first-order valence-corrected chi connectivity index (χ1v) is 3.59. The number of carbonyl (C=O) groups is 1. The van der Waals surface area contributed by atoms with Crippen molar-refractivity contribution in [3.05, 3.63) is 11.6 Å². The maximum absolute atomic E-state index is 10.8. The lowest BCUT2D eigenvalue weighted by molar-refractivity contribution is -0.114. The molecular weight excluding hydrogens is 112 g/mol. The molecule has 0 aliphatic heterocycles. The lowest BCUT2D eigenvalue weighted by Gasteiger charge is -1.97. The first-order valence-electron chi connectivity index (χ1n) is 3.59. The van der Waals surface area contributed by atoms with Crippen LogP contribution in [0.1, 0.15) is 25.7 Å². The number of carbonyl (C=O) groups excluding carboxylic acids is 1. The predicted molar refractivity (Wildman–Crippen MR) is 35.0 cm³/mol. The first-order chi connectivity index (χ1) is 4.36. The molecule has 0 heterocycles. The summed E-state index contributed by atoms with van der Waals surface area (Å²) in [6, 6.07) is 0. The van der Waals surface area contributed by atoms with Gasteiger partial charge in [-0.2, -0.15) is 0 Å². The molecule has 0 amide bonds. The summed E-state index contributed by atoms with van der Waals surface area (Å²) >= 11 is 0. The maximum Gasteiger partial charge on any atom is 0.156 e. The van der Waals surface area contributed by atoms with Gasteiger partial charge < -0.3 is 0 Å². The highest BCUT2D eigenvalue weighted by atomic mass is 16.1. The van der Waals surface area contributed by atoms with Gasteiger partial charge in [0.05, 0.1) is 0 Å². The summed E-state index contributed by atoms with van der Waals surface area (Å²) in [6.07, 6.45) is 6.44. The highest BCUT2D eigenvalue weighted by molar-refractivity contribution is 5.93. The van der Waals surface area contributed by atoms with Gasteiger partial charge in [-0.25, -0.2) is 0 Å². The molecular formula is C8H10O. The lowest BCUT2D eigenvalue weighted by atomic mass is 10.1. The molecule has 1 heteroatoms. The highest BCUT2D eigenvalue weighted by Crippen LogP contribution is 2.37. The second-order valence-electron chi connectivity index (χ2n) is 2.98. The van der Waals surface area contributed by atoms with Gasteiger partial charge in [-0.15, -0.1) is 0 Å². The van der Waals surface area contributed by atoms with E-state index in [0.29, 0.717) is 11.7 Å². The molecule has 48 valence electrons. The summed E-state index contributed by atoms with van der Waals surface area (Å²) < 4.78 is 0. The van der Waals surface area contributed by atoms with Crippen molar-refractivity contribution in [1.29, 1.82) is 0 Å². The van der Waals surface area contributed by atoms with Crippen LogP contribution in [0.2, 0.25) is 0 Å². The van der Waals surface area contributed by atoms with Crippen molar-refractivity contribution in [2.75, 3.05) is 0 Å². The number of rotatable bonds is 0. The second-order valence-corrected chi connectivity index (χ2v) is 2.98. The molecule has 0 aromatic heterocycles. The molecule has 9 heavy (non-hydrogen) atoms. The highest BCUT2D eigenvalue weighted by Gasteiger charge is 2.28. The number of hydrogen-bond acceptors (Lipinski definition) is 1. The molecule has 0 N–H and O–H groups in total. The molecule has 1 atom stereocenters. The third-order valence-corrected chi connectivity index (χ3v) is 2.34. The molecule has 0 aromatic rings. The van der Waals surface area contributed by atoms with E-state index in [1.54, 1.807) is 0 Å². The molecule has 2 rings (SSSR count). The minimum atomic E-state index is 0.356. The Morgan fingerprint density at radius 1 is 1.56 bits per heavy atom. The van der Waals surface area contributed by atoms with Crippen LogP contribution in [0.3, 0.4) is 0 Å². The Morgan fingerprint density at radius 2 is 2.44 bits per heavy atom. The van der Waals surface area contributed by atoms with E-state index in [1.807, 2.05) is 6.08 Å². The van der Waals surface area contributed by atoms with Crippen LogP contribution in [0.5, 0.6) is 0 Å².